The molecule has 0 aromatic heterocycles. The van der Waals surface area contributed by atoms with E-state index in [9.17, 15) is 9.50 Å². The van der Waals surface area contributed by atoms with Gasteiger partial charge in [0.2, 0.25) is 0 Å². The Morgan fingerprint density at radius 1 is 1.35 bits per heavy atom. The maximum atomic E-state index is 13.4. The molecule has 0 radical (unpaired) electrons. The van der Waals surface area contributed by atoms with E-state index in [0.29, 0.717) is 0 Å². The molecule has 2 rings (SSSR count). The zero-order chi connectivity index (χ0) is 14.6. The van der Waals surface area contributed by atoms with Gasteiger partial charge in [-0.15, -0.1) is 0 Å². The average molecular weight is 279 g/mol. The molecule has 0 unspecified atom stereocenters. The van der Waals surface area contributed by atoms with Crippen LogP contribution < -0.4 is 4.90 Å². The number of nitrogens with zero attached hydrogens (tertiary/aromatic N) is 1. The van der Waals surface area contributed by atoms with Crippen molar-refractivity contribution >= 4 is 5.69 Å². The van der Waals surface area contributed by atoms with Gasteiger partial charge in [0.25, 0.3) is 0 Å². The Kier molecular flexibility index (Phi) is 5.03. The van der Waals surface area contributed by atoms with E-state index in [1.807, 2.05) is 6.07 Å². The minimum atomic E-state index is -0.198. The summed E-state index contributed by atoms with van der Waals surface area (Å²) in [7, 11) is 0. The predicted octanol–water partition coefficient (Wildman–Crippen LogP) is 3.84. The van der Waals surface area contributed by atoms with Crippen LogP contribution in [0.5, 0.6) is 0 Å². The molecule has 0 amide bonds. The second-order valence-electron chi connectivity index (χ2n) is 6.33. The van der Waals surface area contributed by atoms with Crippen molar-refractivity contribution in [2.75, 3.05) is 24.6 Å². The number of halogens is 1. The Morgan fingerprint density at radius 3 is 2.60 bits per heavy atom. The van der Waals surface area contributed by atoms with Gasteiger partial charge in [-0.05, 0) is 43.9 Å². The van der Waals surface area contributed by atoms with E-state index >= 15 is 0 Å². The smallest absolute Gasteiger partial charge is 0.125 e. The first-order valence-electron chi connectivity index (χ1n) is 7.70. The quantitative estimate of drug-likeness (QED) is 0.885. The molecule has 0 saturated heterocycles. The summed E-state index contributed by atoms with van der Waals surface area (Å²) in [6, 6.07) is 6.76. The van der Waals surface area contributed by atoms with E-state index in [1.165, 1.54) is 18.9 Å². The molecule has 0 bridgehead atoms. The van der Waals surface area contributed by atoms with E-state index < -0.39 is 0 Å². The van der Waals surface area contributed by atoms with Gasteiger partial charge in [0, 0.05) is 24.2 Å². The molecule has 1 aliphatic rings. The van der Waals surface area contributed by atoms with E-state index in [4.69, 9.17) is 0 Å². The fraction of sp³-hybridized carbons (Fsp3) is 0.647. The molecule has 0 heterocycles. The molecule has 1 aromatic carbocycles. The van der Waals surface area contributed by atoms with Crippen molar-refractivity contribution in [1.82, 2.24) is 0 Å². The number of aliphatic hydroxyl groups excluding tert-OH is 1. The number of rotatable bonds is 5. The third-order valence-electron chi connectivity index (χ3n) is 4.75. The van der Waals surface area contributed by atoms with Crippen LogP contribution in [-0.2, 0) is 0 Å². The van der Waals surface area contributed by atoms with Gasteiger partial charge in [0.15, 0.2) is 0 Å². The standard InChI is InChI=1S/C17H26FNO/c1-3-19(16-6-4-5-15(18)11-16)12-17(13-20)9-7-14(2)8-10-17/h4-6,11,14,20H,3,7-10,12-13H2,1-2H3. The number of hydrogen-bond donors (Lipinski definition) is 1. The molecule has 2 nitrogen and oxygen atoms in total. The van der Waals surface area contributed by atoms with Gasteiger partial charge < -0.3 is 10.0 Å². The SMILES string of the molecule is CCN(CC1(CO)CCC(C)CC1)c1cccc(F)c1. The predicted molar refractivity (Wildman–Crippen MR) is 81.4 cm³/mol. The monoisotopic (exact) mass is 279 g/mol. The molecule has 1 N–H and O–H groups in total. The molecule has 0 aliphatic heterocycles. The first-order chi connectivity index (χ1) is 9.58. The molecule has 1 fully saturated rings. The van der Waals surface area contributed by atoms with E-state index in [2.05, 4.69) is 18.7 Å². The molecule has 1 saturated carbocycles. The highest BCUT2D eigenvalue weighted by atomic mass is 19.1. The summed E-state index contributed by atoms with van der Waals surface area (Å²) in [5.41, 5.74) is 0.897. The van der Waals surface area contributed by atoms with Crippen LogP contribution in [0.3, 0.4) is 0 Å². The van der Waals surface area contributed by atoms with Gasteiger partial charge in [-0.1, -0.05) is 25.8 Å². The highest BCUT2D eigenvalue weighted by molar-refractivity contribution is 5.46. The average Bonchev–Trinajstić information content (AvgIpc) is 2.47. The van der Waals surface area contributed by atoms with Crippen molar-refractivity contribution in [3.63, 3.8) is 0 Å². The Labute approximate surface area is 121 Å². The van der Waals surface area contributed by atoms with Crippen LogP contribution in [-0.4, -0.2) is 24.8 Å². The van der Waals surface area contributed by atoms with Crippen molar-refractivity contribution in [1.29, 1.82) is 0 Å². The highest BCUT2D eigenvalue weighted by Gasteiger charge is 2.35. The van der Waals surface area contributed by atoms with E-state index in [-0.39, 0.29) is 17.8 Å². The molecule has 0 spiro atoms. The summed E-state index contributed by atoms with van der Waals surface area (Å²) < 4.78 is 13.4. The Balaban J connectivity index is 2.12. The molecular formula is C17H26FNO. The molecule has 112 valence electrons. The lowest BCUT2D eigenvalue weighted by Gasteiger charge is -2.42. The number of benzene rings is 1. The van der Waals surface area contributed by atoms with Gasteiger partial charge in [0.1, 0.15) is 5.82 Å². The Bertz CT molecular complexity index is 427. The number of aliphatic hydroxyl groups is 1. The van der Waals surface area contributed by atoms with Crippen molar-refractivity contribution in [2.24, 2.45) is 11.3 Å². The lowest BCUT2D eigenvalue weighted by molar-refractivity contribution is 0.0732. The van der Waals surface area contributed by atoms with Gasteiger partial charge in [-0.3, -0.25) is 0 Å². The first kappa shape index (κ1) is 15.3. The van der Waals surface area contributed by atoms with Crippen LogP contribution in [0.1, 0.15) is 39.5 Å². The fourth-order valence-electron chi connectivity index (χ4n) is 3.20. The third kappa shape index (κ3) is 3.51. The van der Waals surface area contributed by atoms with E-state index in [0.717, 1.165) is 37.5 Å². The minimum Gasteiger partial charge on any atom is -0.396 e. The van der Waals surface area contributed by atoms with Gasteiger partial charge in [-0.25, -0.2) is 4.39 Å². The van der Waals surface area contributed by atoms with Crippen molar-refractivity contribution in [2.45, 2.75) is 39.5 Å². The lowest BCUT2D eigenvalue weighted by atomic mass is 9.71. The van der Waals surface area contributed by atoms with Crippen molar-refractivity contribution in [3.8, 4) is 0 Å². The summed E-state index contributed by atoms with van der Waals surface area (Å²) in [5.74, 6) is 0.565. The van der Waals surface area contributed by atoms with Crippen LogP contribution in [0.25, 0.3) is 0 Å². The zero-order valence-electron chi connectivity index (χ0n) is 12.6. The van der Waals surface area contributed by atoms with Crippen LogP contribution in [0.2, 0.25) is 0 Å². The molecule has 3 heteroatoms. The number of anilines is 1. The van der Waals surface area contributed by atoms with Crippen LogP contribution in [0.4, 0.5) is 10.1 Å². The minimum absolute atomic E-state index is 0.0190. The van der Waals surface area contributed by atoms with Crippen LogP contribution in [0, 0.1) is 17.2 Å². The molecule has 1 aromatic rings. The largest absolute Gasteiger partial charge is 0.396 e. The topological polar surface area (TPSA) is 23.5 Å². The van der Waals surface area contributed by atoms with Gasteiger partial charge in [0.05, 0.1) is 6.61 Å². The fourth-order valence-corrected chi connectivity index (χ4v) is 3.20. The summed E-state index contributed by atoms with van der Waals surface area (Å²) in [5, 5.41) is 9.87. The Morgan fingerprint density at radius 2 is 2.05 bits per heavy atom. The lowest BCUT2D eigenvalue weighted by Crippen LogP contribution is -2.42. The molecule has 20 heavy (non-hydrogen) atoms. The number of hydrogen-bond acceptors (Lipinski definition) is 2. The molecule has 0 atom stereocenters. The van der Waals surface area contributed by atoms with Crippen LogP contribution >= 0.6 is 0 Å². The maximum absolute atomic E-state index is 13.4. The van der Waals surface area contributed by atoms with Gasteiger partial charge >= 0.3 is 0 Å². The molecular weight excluding hydrogens is 253 g/mol. The van der Waals surface area contributed by atoms with E-state index in [1.54, 1.807) is 12.1 Å². The highest BCUT2D eigenvalue weighted by Crippen LogP contribution is 2.39. The second-order valence-corrected chi connectivity index (χ2v) is 6.33. The van der Waals surface area contributed by atoms with Gasteiger partial charge in [-0.2, -0.15) is 0 Å². The zero-order valence-corrected chi connectivity index (χ0v) is 12.6. The first-order valence-corrected chi connectivity index (χ1v) is 7.70. The maximum Gasteiger partial charge on any atom is 0.125 e. The van der Waals surface area contributed by atoms with Crippen LogP contribution in [0.15, 0.2) is 24.3 Å². The second kappa shape index (κ2) is 6.57. The summed E-state index contributed by atoms with van der Waals surface area (Å²) in [6.07, 6.45) is 4.50. The summed E-state index contributed by atoms with van der Waals surface area (Å²) in [6.45, 7) is 6.25. The van der Waals surface area contributed by atoms with Crippen molar-refractivity contribution < 1.29 is 9.50 Å². The third-order valence-corrected chi connectivity index (χ3v) is 4.75. The molecule has 1 aliphatic carbocycles. The van der Waals surface area contributed by atoms with Crippen molar-refractivity contribution in [3.05, 3.63) is 30.1 Å². The Hall–Kier alpha value is -1.09. The summed E-state index contributed by atoms with van der Waals surface area (Å²) >= 11 is 0. The summed E-state index contributed by atoms with van der Waals surface area (Å²) in [4.78, 5) is 2.19. The normalized spacial score (nSPS) is 26.5.